The number of aliphatic carboxylic acids is 1. The normalized spacial score (nSPS) is 22.3. The summed E-state index contributed by atoms with van der Waals surface area (Å²) in [4.78, 5) is 10.8. The van der Waals surface area contributed by atoms with Gasteiger partial charge in [0.15, 0.2) is 0 Å². The molecule has 0 saturated carbocycles. The quantitative estimate of drug-likeness (QED) is 0.484. The number of carboxylic acids is 1. The Bertz CT molecular complexity index is 903. The van der Waals surface area contributed by atoms with Crippen LogP contribution >= 0.6 is 23.5 Å². The largest absolute Gasteiger partial charge is 0.481 e. The van der Waals surface area contributed by atoms with Crippen LogP contribution in [0.25, 0.3) is 5.57 Å². The van der Waals surface area contributed by atoms with Crippen LogP contribution in [0, 0.1) is 18.2 Å². The predicted molar refractivity (Wildman–Crippen MR) is 131 cm³/mol. The van der Waals surface area contributed by atoms with Gasteiger partial charge in [-0.25, -0.2) is 4.39 Å². The summed E-state index contributed by atoms with van der Waals surface area (Å²) in [6.45, 7) is 6.20. The molecule has 176 valence electrons. The summed E-state index contributed by atoms with van der Waals surface area (Å²) in [5.41, 5.74) is 3.72. The number of allylic oxidation sites excluding steroid dienone is 3. The van der Waals surface area contributed by atoms with E-state index in [1.165, 1.54) is 18.1 Å². The Morgan fingerprint density at radius 3 is 2.56 bits per heavy atom. The van der Waals surface area contributed by atoms with Crippen molar-refractivity contribution in [2.45, 2.75) is 69.2 Å². The lowest BCUT2D eigenvalue weighted by molar-refractivity contribution is -0.139. The van der Waals surface area contributed by atoms with Crippen molar-refractivity contribution >= 4 is 35.1 Å². The third-order valence-electron chi connectivity index (χ3n) is 6.15. The summed E-state index contributed by atoms with van der Waals surface area (Å²) < 4.78 is 14.1. The highest BCUT2D eigenvalue weighted by atomic mass is 32.2. The molecule has 1 saturated heterocycles. The third kappa shape index (κ3) is 6.19. The summed E-state index contributed by atoms with van der Waals surface area (Å²) in [6.07, 6.45) is 4.19. The zero-order valence-electron chi connectivity index (χ0n) is 18.9. The molecule has 1 aliphatic heterocycles. The highest BCUT2D eigenvalue weighted by Gasteiger charge is 2.45. The van der Waals surface area contributed by atoms with E-state index in [-0.39, 0.29) is 21.7 Å². The van der Waals surface area contributed by atoms with Crippen LogP contribution in [0.1, 0.15) is 57.1 Å². The maximum absolute atomic E-state index is 14.0. The van der Waals surface area contributed by atoms with Crippen molar-refractivity contribution < 1.29 is 24.5 Å². The van der Waals surface area contributed by atoms with Gasteiger partial charge in [0, 0.05) is 6.42 Å². The monoisotopic (exact) mass is 480 g/mol. The van der Waals surface area contributed by atoms with Crippen LogP contribution in [-0.2, 0) is 4.79 Å². The van der Waals surface area contributed by atoms with Gasteiger partial charge in [0.2, 0.25) is 0 Å². The number of benzene rings is 1. The molecule has 0 radical (unpaired) electrons. The third-order valence-corrected chi connectivity index (χ3v) is 9.47. The van der Waals surface area contributed by atoms with E-state index in [1.807, 2.05) is 41.7 Å². The molecule has 0 amide bonds. The lowest BCUT2D eigenvalue weighted by Crippen LogP contribution is -2.37. The highest BCUT2D eigenvalue weighted by Crippen LogP contribution is 2.59. The van der Waals surface area contributed by atoms with Crippen molar-refractivity contribution in [3.05, 3.63) is 52.9 Å². The maximum Gasteiger partial charge on any atom is 0.305 e. The standard InChI is InChI=1S/C25H33FO4S2/c1-16-11-17(5-8-22(16)26)20-14-25(31-9-4-10-32-25)15-24(2,3)21(20)7-6-18(27)12-19(28)13-23(29)30/h5-8,11,18-19,27-28H,4,9-10,12-15H2,1-3H3,(H,29,30)/b7-6+. The van der Waals surface area contributed by atoms with E-state index in [9.17, 15) is 19.4 Å². The van der Waals surface area contributed by atoms with E-state index in [0.717, 1.165) is 35.5 Å². The van der Waals surface area contributed by atoms with Gasteiger partial charge in [-0.05, 0) is 77.5 Å². The summed E-state index contributed by atoms with van der Waals surface area (Å²) in [7, 11) is 0. The number of aliphatic hydroxyl groups is 2. The molecule has 1 aliphatic carbocycles. The van der Waals surface area contributed by atoms with Gasteiger partial charge in [0.25, 0.3) is 0 Å². The van der Waals surface area contributed by atoms with Gasteiger partial charge in [-0.3, -0.25) is 4.79 Å². The minimum Gasteiger partial charge on any atom is -0.481 e. The van der Waals surface area contributed by atoms with Crippen molar-refractivity contribution in [2.24, 2.45) is 5.41 Å². The number of hydrogen-bond donors (Lipinski definition) is 3. The molecule has 2 unspecified atom stereocenters. The Kier molecular flexibility index (Phi) is 8.18. The van der Waals surface area contributed by atoms with Crippen LogP contribution in [0.4, 0.5) is 4.39 Å². The summed E-state index contributed by atoms with van der Waals surface area (Å²) in [5, 5.41) is 29.1. The second-order valence-corrected chi connectivity index (χ2v) is 12.7. The molecule has 7 heteroatoms. The summed E-state index contributed by atoms with van der Waals surface area (Å²) in [5.74, 6) is 0.973. The first-order chi connectivity index (χ1) is 15.0. The minimum absolute atomic E-state index is 0.0306. The number of thioether (sulfide) groups is 2. The first-order valence-electron chi connectivity index (χ1n) is 11.1. The molecule has 3 rings (SSSR count). The van der Waals surface area contributed by atoms with Crippen molar-refractivity contribution in [3.8, 4) is 0 Å². The van der Waals surface area contributed by atoms with Crippen LogP contribution in [0.2, 0.25) is 0 Å². The van der Waals surface area contributed by atoms with Gasteiger partial charge in [-0.1, -0.05) is 32.1 Å². The predicted octanol–water partition coefficient (Wildman–Crippen LogP) is 5.42. The zero-order valence-corrected chi connectivity index (χ0v) is 20.6. The Morgan fingerprint density at radius 2 is 1.94 bits per heavy atom. The second-order valence-electron chi connectivity index (χ2n) is 9.47. The van der Waals surface area contributed by atoms with E-state index in [0.29, 0.717) is 5.56 Å². The molecule has 1 spiro atoms. The Balaban J connectivity index is 1.98. The van der Waals surface area contributed by atoms with E-state index in [2.05, 4.69) is 13.8 Å². The lowest BCUT2D eigenvalue weighted by Gasteiger charge is -2.48. The van der Waals surface area contributed by atoms with Crippen molar-refractivity contribution in [1.29, 1.82) is 0 Å². The van der Waals surface area contributed by atoms with E-state index in [4.69, 9.17) is 5.11 Å². The topological polar surface area (TPSA) is 77.8 Å². The van der Waals surface area contributed by atoms with E-state index < -0.39 is 24.6 Å². The average molecular weight is 481 g/mol. The summed E-state index contributed by atoms with van der Waals surface area (Å²) >= 11 is 4.06. The molecule has 3 N–H and O–H groups in total. The van der Waals surface area contributed by atoms with Gasteiger partial charge >= 0.3 is 5.97 Å². The minimum atomic E-state index is -1.10. The Hall–Kier alpha value is -1.28. The molecular weight excluding hydrogens is 447 g/mol. The number of aliphatic hydroxyl groups excluding tert-OH is 2. The SMILES string of the molecule is Cc1cc(C2=C(/C=C/C(O)CC(O)CC(=O)O)C(C)(C)CC3(C2)SCCCS3)ccc1F. The van der Waals surface area contributed by atoms with Crippen LogP contribution < -0.4 is 0 Å². The Labute approximate surface area is 198 Å². The van der Waals surface area contributed by atoms with Crippen LogP contribution in [0.3, 0.4) is 0 Å². The zero-order chi connectivity index (χ0) is 23.5. The van der Waals surface area contributed by atoms with Crippen molar-refractivity contribution in [3.63, 3.8) is 0 Å². The molecule has 1 aromatic rings. The van der Waals surface area contributed by atoms with Gasteiger partial charge in [-0.15, -0.1) is 23.5 Å². The molecule has 32 heavy (non-hydrogen) atoms. The number of carbonyl (C=O) groups is 1. The molecule has 1 fully saturated rings. The number of halogens is 1. The molecule has 2 atom stereocenters. The first kappa shape index (κ1) is 25.3. The van der Waals surface area contributed by atoms with E-state index >= 15 is 0 Å². The number of carboxylic acid groups (broad SMARTS) is 1. The van der Waals surface area contributed by atoms with Gasteiger partial charge in [-0.2, -0.15) is 0 Å². The Morgan fingerprint density at radius 1 is 1.25 bits per heavy atom. The fraction of sp³-hybridized carbons (Fsp3) is 0.560. The molecule has 0 aromatic heterocycles. The molecule has 2 aliphatic rings. The second kappa shape index (κ2) is 10.3. The smallest absolute Gasteiger partial charge is 0.305 e. The van der Waals surface area contributed by atoms with Gasteiger partial charge < -0.3 is 15.3 Å². The van der Waals surface area contributed by atoms with Crippen molar-refractivity contribution in [1.82, 2.24) is 0 Å². The number of rotatable bonds is 7. The van der Waals surface area contributed by atoms with Crippen molar-refractivity contribution in [2.75, 3.05) is 11.5 Å². The fourth-order valence-electron chi connectivity index (χ4n) is 4.69. The highest BCUT2D eigenvalue weighted by molar-refractivity contribution is 8.18. The number of hydrogen-bond acceptors (Lipinski definition) is 5. The molecular formula is C25H33FO4S2. The van der Waals surface area contributed by atoms with Crippen LogP contribution in [0.15, 0.2) is 35.9 Å². The molecule has 1 aromatic carbocycles. The summed E-state index contributed by atoms with van der Waals surface area (Å²) in [6, 6.07) is 5.26. The lowest BCUT2D eigenvalue weighted by atomic mass is 9.70. The number of aryl methyl sites for hydroxylation is 1. The first-order valence-corrected chi connectivity index (χ1v) is 13.0. The fourth-order valence-corrected chi connectivity index (χ4v) is 8.45. The van der Waals surface area contributed by atoms with Gasteiger partial charge in [0.1, 0.15) is 5.82 Å². The molecule has 1 heterocycles. The molecule has 0 bridgehead atoms. The average Bonchev–Trinajstić information content (AvgIpc) is 2.68. The van der Waals surface area contributed by atoms with E-state index in [1.54, 1.807) is 13.0 Å². The maximum atomic E-state index is 14.0. The van der Waals surface area contributed by atoms with Crippen LogP contribution in [-0.4, -0.2) is 49.1 Å². The molecule has 4 nitrogen and oxygen atoms in total. The van der Waals surface area contributed by atoms with Crippen LogP contribution in [0.5, 0.6) is 0 Å². The van der Waals surface area contributed by atoms with Gasteiger partial charge in [0.05, 0.1) is 22.7 Å².